The molecule has 7 heteroatoms. The van der Waals surface area contributed by atoms with Gasteiger partial charge in [-0.3, -0.25) is 9.59 Å². The van der Waals surface area contributed by atoms with E-state index in [1.807, 2.05) is 24.3 Å². The van der Waals surface area contributed by atoms with E-state index in [4.69, 9.17) is 4.74 Å². The van der Waals surface area contributed by atoms with Crippen molar-refractivity contribution in [3.63, 3.8) is 0 Å². The number of carbonyl (C=O) groups excluding carboxylic acids is 2. The second-order valence-electron chi connectivity index (χ2n) is 5.93. The molecule has 0 atom stereocenters. The first-order valence-electron chi connectivity index (χ1n) is 8.62. The molecule has 2 rings (SSSR count). The predicted octanol–water partition coefficient (Wildman–Crippen LogP) is 2.84. The predicted molar refractivity (Wildman–Crippen MR) is 97.6 cm³/mol. The summed E-state index contributed by atoms with van der Waals surface area (Å²) >= 11 is 0. The highest BCUT2D eigenvalue weighted by Gasteiger charge is 2.12. The van der Waals surface area contributed by atoms with Crippen molar-refractivity contribution in [2.24, 2.45) is 0 Å². The van der Waals surface area contributed by atoms with Gasteiger partial charge in [0.1, 0.15) is 17.4 Å². The largest absolute Gasteiger partial charge is 0.497 e. The lowest BCUT2D eigenvalue weighted by molar-refractivity contribution is -0.121. The average Bonchev–Trinajstić information content (AvgIpc) is 2.65. The third kappa shape index (κ3) is 6.69. The van der Waals surface area contributed by atoms with Gasteiger partial charge in [-0.2, -0.15) is 0 Å². The standard InChI is InChI=1S/C20H22F2N2O3/c1-27-16-7-4-14(5-8-16)10-12-23-19(25)3-2-11-24-20(26)17-9-6-15(21)13-18(17)22/h4-9,13H,2-3,10-12H2,1H3,(H,23,25)(H,24,26). The molecule has 0 aliphatic rings. The first-order chi connectivity index (χ1) is 13.0. The van der Waals surface area contributed by atoms with Crippen LogP contribution < -0.4 is 15.4 Å². The molecule has 144 valence electrons. The molecule has 0 saturated carbocycles. The Balaban J connectivity index is 1.62. The molecule has 2 amide bonds. The number of methoxy groups -OCH3 is 1. The monoisotopic (exact) mass is 376 g/mol. The first-order valence-corrected chi connectivity index (χ1v) is 8.62. The van der Waals surface area contributed by atoms with Crippen LogP contribution in [-0.2, 0) is 11.2 Å². The van der Waals surface area contributed by atoms with Crippen molar-refractivity contribution in [1.29, 1.82) is 0 Å². The Morgan fingerprint density at radius 2 is 1.74 bits per heavy atom. The fraction of sp³-hybridized carbons (Fsp3) is 0.300. The molecule has 2 aromatic rings. The maximum atomic E-state index is 13.5. The minimum Gasteiger partial charge on any atom is -0.497 e. The molecule has 2 N–H and O–H groups in total. The fourth-order valence-corrected chi connectivity index (χ4v) is 2.45. The number of hydrogen-bond donors (Lipinski definition) is 2. The smallest absolute Gasteiger partial charge is 0.254 e. The van der Waals surface area contributed by atoms with Gasteiger partial charge in [-0.15, -0.1) is 0 Å². The third-order valence-electron chi connectivity index (χ3n) is 3.94. The summed E-state index contributed by atoms with van der Waals surface area (Å²) in [4.78, 5) is 23.6. The van der Waals surface area contributed by atoms with Gasteiger partial charge in [0, 0.05) is 25.6 Å². The average molecular weight is 376 g/mol. The summed E-state index contributed by atoms with van der Waals surface area (Å²) in [6.07, 6.45) is 1.37. The van der Waals surface area contributed by atoms with Crippen LogP contribution in [0.25, 0.3) is 0 Å². The van der Waals surface area contributed by atoms with Gasteiger partial charge in [-0.05, 0) is 42.7 Å². The van der Waals surface area contributed by atoms with E-state index >= 15 is 0 Å². The van der Waals surface area contributed by atoms with Gasteiger partial charge in [0.25, 0.3) is 5.91 Å². The minimum absolute atomic E-state index is 0.120. The van der Waals surface area contributed by atoms with Crippen LogP contribution in [0.2, 0.25) is 0 Å². The highest BCUT2D eigenvalue weighted by molar-refractivity contribution is 5.94. The molecule has 27 heavy (non-hydrogen) atoms. The van der Waals surface area contributed by atoms with Gasteiger partial charge in [-0.25, -0.2) is 8.78 Å². The Bertz CT molecular complexity index is 779. The second kappa shape index (κ2) is 10.3. The zero-order chi connectivity index (χ0) is 19.6. The van der Waals surface area contributed by atoms with E-state index in [9.17, 15) is 18.4 Å². The lowest BCUT2D eigenvalue weighted by atomic mass is 10.1. The lowest BCUT2D eigenvalue weighted by Gasteiger charge is -2.08. The first kappa shape index (κ1) is 20.4. The Kier molecular flexibility index (Phi) is 7.73. The van der Waals surface area contributed by atoms with Crippen LogP contribution >= 0.6 is 0 Å². The van der Waals surface area contributed by atoms with Crippen molar-refractivity contribution in [3.8, 4) is 5.75 Å². The van der Waals surface area contributed by atoms with E-state index in [-0.39, 0.29) is 24.4 Å². The number of benzene rings is 2. The Labute approximate surface area is 156 Å². The Morgan fingerprint density at radius 1 is 1.00 bits per heavy atom. The van der Waals surface area contributed by atoms with Crippen LogP contribution in [0.3, 0.4) is 0 Å². The minimum atomic E-state index is -0.913. The van der Waals surface area contributed by atoms with Crippen molar-refractivity contribution in [3.05, 3.63) is 65.2 Å². The molecule has 0 unspecified atom stereocenters. The van der Waals surface area contributed by atoms with Crippen LogP contribution in [-0.4, -0.2) is 32.0 Å². The molecular formula is C20H22F2N2O3. The third-order valence-corrected chi connectivity index (χ3v) is 3.94. The molecule has 5 nitrogen and oxygen atoms in total. The summed E-state index contributed by atoms with van der Waals surface area (Å²) < 4.78 is 31.4. The second-order valence-corrected chi connectivity index (χ2v) is 5.93. The van der Waals surface area contributed by atoms with Gasteiger partial charge in [-0.1, -0.05) is 12.1 Å². The highest BCUT2D eigenvalue weighted by atomic mass is 19.1. The quantitative estimate of drug-likeness (QED) is 0.662. The molecule has 0 bridgehead atoms. The lowest BCUT2D eigenvalue weighted by Crippen LogP contribution is -2.29. The number of hydrogen-bond acceptors (Lipinski definition) is 3. The zero-order valence-corrected chi connectivity index (χ0v) is 15.1. The van der Waals surface area contributed by atoms with Gasteiger partial charge in [0.2, 0.25) is 5.91 Å². The fourth-order valence-electron chi connectivity index (χ4n) is 2.45. The summed E-state index contributed by atoms with van der Waals surface area (Å²) in [5.41, 5.74) is 0.866. The molecule has 0 spiro atoms. The van der Waals surface area contributed by atoms with Crippen LogP contribution in [0.15, 0.2) is 42.5 Å². The van der Waals surface area contributed by atoms with Crippen molar-refractivity contribution < 1.29 is 23.1 Å². The van der Waals surface area contributed by atoms with E-state index in [1.54, 1.807) is 7.11 Å². The van der Waals surface area contributed by atoms with Crippen molar-refractivity contribution >= 4 is 11.8 Å². The van der Waals surface area contributed by atoms with E-state index < -0.39 is 17.5 Å². The number of amides is 2. The van der Waals surface area contributed by atoms with E-state index in [0.717, 1.165) is 23.4 Å². The number of rotatable bonds is 9. The number of ether oxygens (including phenoxy) is 1. The van der Waals surface area contributed by atoms with Gasteiger partial charge < -0.3 is 15.4 Å². The highest BCUT2D eigenvalue weighted by Crippen LogP contribution is 2.11. The molecule has 0 aliphatic heterocycles. The molecule has 0 fully saturated rings. The summed E-state index contributed by atoms with van der Waals surface area (Å²) in [5.74, 6) is -1.62. The molecule has 0 heterocycles. The van der Waals surface area contributed by atoms with Gasteiger partial charge >= 0.3 is 0 Å². The summed E-state index contributed by atoms with van der Waals surface area (Å²) in [7, 11) is 1.60. The topological polar surface area (TPSA) is 67.4 Å². The van der Waals surface area contributed by atoms with Crippen molar-refractivity contribution in [2.75, 3.05) is 20.2 Å². The van der Waals surface area contributed by atoms with Crippen LogP contribution in [0.1, 0.15) is 28.8 Å². The number of carbonyl (C=O) groups is 2. The number of nitrogens with one attached hydrogen (secondary N) is 2. The summed E-state index contributed by atoms with van der Waals surface area (Å²) in [6.45, 7) is 0.736. The zero-order valence-electron chi connectivity index (χ0n) is 15.1. The number of halogens is 2. The normalized spacial score (nSPS) is 10.3. The SMILES string of the molecule is COc1ccc(CCNC(=O)CCCNC(=O)c2ccc(F)cc2F)cc1. The molecule has 2 aromatic carbocycles. The van der Waals surface area contributed by atoms with Gasteiger partial charge in [0.15, 0.2) is 0 Å². The van der Waals surface area contributed by atoms with Crippen LogP contribution in [0.5, 0.6) is 5.75 Å². The van der Waals surface area contributed by atoms with E-state index in [1.165, 1.54) is 0 Å². The molecular weight excluding hydrogens is 354 g/mol. The summed E-state index contributed by atoms with van der Waals surface area (Å²) in [6, 6.07) is 10.4. The Morgan fingerprint density at radius 3 is 2.41 bits per heavy atom. The van der Waals surface area contributed by atoms with Gasteiger partial charge in [0.05, 0.1) is 12.7 Å². The van der Waals surface area contributed by atoms with Crippen LogP contribution in [0.4, 0.5) is 8.78 Å². The molecule has 0 saturated heterocycles. The molecule has 0 aliphatic carbocycles. The van der Waals surface area contributed by atoms with Crippen molar-refractivity contribution in [2.45, 2.75) is 19.3 Å². The van der Waals surface area contributed by atoms with Crippen LogP contribution in [0, 0.1) is 11.6 Å². The summed E-state index contributed by atoms with van der Waals surface area (Å²) in [5, 5.41) is 5.32. The maximum Gasteiger partial charge on any atom is 0.254 e. The van der Waals surface area contributed by atoms with E-state index in [2.05, 4.69) is 10.6 Å². The van der Waals surface area contributed by atoms with Crippen molar-refractivity contribution in [1.82, 2.24) is 10.6 Å². The van der Waals surface area contributed by atoms with E-state index in [0.29, 0.717) is 25.5 Å². The molecule has 0 radical (unpaired) electrons. The Hall–Kier alpha value is -2.96. The maximum absolute atomic E-state index is 13.5. The molecule has 0 aromatic heterocycles.